The minimum atomic E-state index is -0.268. The van der Waals surface area contributed by atoms with Crippen molar-refractivity contribution in [2.24, 2.45) is 0 Å². The van der Waals surface area contributed by atoms with E-state index in [-0.39, 0.29) is 19.0 Å². The molecule has 0 N–H and O–H groups in total. The molecular formula is C18H20O4. The van der Waals surface area contributed by atoms with E-state index in [2.05, 4.69) is 0 Å². The highest BCUT2D eigenvalue weighted by atomic mass is 16.5. The number of carbonyl (C=O) groups excluding carboxylic acids is 1. The largest absolute Gasteiger partial charge is 0.497 e. The SMILES string of the molecule is COc1ccc(OC)c(COC(=O)Cc2cccc(C)c2)c1. The summed E-state index contributed by atoms with van der Waals surface area (Å²) < 4.78 is 15.8. The summed E-state index contributed by atoms with van der Waals surface area (Å²) >= 11 is 0. The maximum atomic E-state index is 12.0. The normalized spacial score (nSPS) is 10.1. The van der Waals surface area contributed by atoms with E-state index in [0.29, 0.717) is 11.5 Å². The van der Waals surface area contributed by atoms with Gasteiger partial charge < -0.3 is 14.2 Å². The van der Waals surface area contributed by atoms with E-state index in [9.17, 15) is 4.79 Å². The highest BCUT2D eigenvalue weighted by Crippen LogP contribution is 2.24. The zero-order valence-corrected chi connectivity index (χ0v) is 13.1. The molecule has 0 unspecified atom stereocenters. The Labute approximate surface area is 130 Å². The maximum absolute atomic E-state index is 12.0. The third-order valence-electron chi connectivity index (χ3n) is 3.31. The van der Waals surface area contributed by atoms with Gasteiger partial charge in [-0.15, -0.1) is 0 Å². The van der Waals surface area contributed by atoms with Crippen molar-refractivity contribution < 1.29 is 19.0 Å². The monoisotopic (exact) mass is 300 g/mol. The summed E-state index contributed by atoms with van der Waals surface area (Å²) in [4.78, 5) is 12.0. The zero-order chi connectivity index (χ0) is 15.9. The van der Waals surface area contributed by atoms with Crippen LogP contribution in [0.2, 0.25) is 0 Å². The van der Waals surface area contributed by atoms with E-state index in [1.165, 1.54) is 0 Å². The van der Waals surface area contributed by atoms with E-state index in [4.69, 9.17) is 14.2 Å². The van der Waals surface area contributed by atoms with Gasteiger partial charge in [0.1, 0.15) is 18.1 Å². The first-order chi connectivity index (χ1) is 10.6. The minimum absolute atomic E-state index is 0.158. The third kappa shape index (κ3) is 4.25. The van der Waals surface area contributed by atoms with E-state index in [1.807, 2.05) is 31.2 Å². The van der Waals surface area contributed by atoms with Gasteiger partial charge in [-0.2, -0.15) is 0 Å². The van der Waals surface area contributed by atoms with Gasteiger partial charge in [0.25, 0.3) is 0 Å². The van der Waals surface area contributed by atoms with Gasteiger partial charge in [-0.3, -0.25) is 4.79 Å². The second-order valence-corrected chi connectivity index (χ2v) is 5.00. The van der Waals surface area contributed by atoms with Gasteiger partial charge in [0.15, 0.2) is 0 Å². The molecule has 0 saturated carbocycles. The van der Waals surface area contributed by atoms with Gasteiger partial charge in [-0.05, 0) is 30.7 Å². The summed E-state index contributed by atoms with van der Waals surface area (Å²) in [7, 11) is 3.18. The average molecular weight is 300 g/mol. The smallest absolute Gasteiger partial charge is 0.310 e. The number of methoxy groups -OCH3 is 2. The van der Waals surface area contributed by atoms with Crippen LogP contribution in [0.25, 0.3) is 0 Å². The van der Waals surface area contributed by atoms with Crippen molar-refractivity contribution in [3.05, 3.63) is 59.2 Å². The molecule has 22 heavy (non-hydrogen) atoms. The summed E-state index contributed by atoms with van der Waals surface area (Å²) in [5.74, 6) is 1.10. The predicted octanol–water partition coefficient (Wildman–Crippen LogP) is 3.30. The fraction of sp³-hybridized carbons (Fsp3) is 0.278. The Balaban J connectivity index is 1.98. The van der Waals surface area contributed by atoms with Gasteiger partial charge in [-0.1, -0.05) is 29.8 Å². The van der Waals surface area contributed by atoms with Crippen LogP contribution in [-0.4, -0.2) is 20.2 Å². The highest BCUT2D eigenvalue weighted by molar-refractivity contribution is 5.72. The summed E-state index contributed by atoms with van der Waals surface area (Å²) in [6.07, 6.45) is 0.258. The lowest BCUT2D eigenvalue weighted by Gasteiger charge is -2.11. The van der Waals surface area contributed by atoms with Crippen LogP contribution in [0.15, 0.2) is 42.5 Å². The van der Waals surface area contributed by atoms with E-state index in [0.717, 1.165) is 16.7 Å². The summed E-state index contributed by atoms with van der Waals surface area (Å²) in [6.45, 7) is 2.15. The molecule has 0 amide bonds. The topological polar surface area (TPSA) is 44.8 Å². The molecular weight excluding hydrogens is 280 g/mol. The summed E-state index contributed by atoms with van der Waals surface area (Å²) in [5, 5.41) is 0. The molecule has 0 fully saturated rings. The molecule has 0 aromatic heterocycles. The number of ether oxygens (including phenoxy) is 3. The van der Waals surface area contributed by atoms with Crippen LogP contribution < -0.4 is 9.47 Å². The Kier molecular flexibility index (Phi) is 5.42. The molecule has 0 aliphatic carbocycles. The highest BCUT2D eigenvalue weighted by Gasteiger charge is 2.09. The number of carbonyl (C=O) groups is 1. The van der Waals surface area contributed by atoms with E-state index in [1.54, 1.807) is 32.4 Å². The molecule has 2 aromatic carbocycles. The van der Waals surface area contributed by atoms with E-state index >= 15 is 0 Å². The maximum Gasteiger partial charge on any atom is 0.310 e. The van der Waals surface area contributed by atoms with Crippen LogP contribution in [0, 0.1) is 6.92 Å². The molecule has 2 rings (SSSR count). The fourth-order valence-corrected chi connectivity index (χ4v) is 2.19. The number of hydrogen-bond donors (Lipinski definition) is 0. The number of hydrogen-bond acceptors (Lipinski definition) is 4. The number of aryl methyl sites for hydroxylation is 1. The van der Waals surface area contributed by atoms with Crippen molar-refractivity contribution in [2.75, 3.05) is 14.2 Å². The fourth-order valence-electron chi connectivity index (χ4n) is 2.19. The van der Waals surface area contributed by atoms with Crippen LogP contribution in [0.3, 0.4) is 0 Å². The second kappa shape index (κ2) is 7.50. The molecule has 0 radical (unpaired) electrons. The predicted molar refractivity (Wildman–Crippen MR) is 84.2 cm³/mol. The summed E-state index contributed by atoms with van der Waals surface area (Å²) in [5.41, 5.74) is 2.85. The Morgan fingerprint density at radius 1 is 1.05 bits per heavy atom. The molecule has 0 aliphatic heterocycles. The lowest BCUT2D eigenvalue weighted by Crippen LogP contribution is -2.08. The molecule has 0 saturated heterocycles. The van der Waals surface area contributed by atoms with Gasteiger partial charge in [0, 0.05) is 5.56 Å². The Morgan fingerprint density at radius 3 is 2.55 bits per heavy atom. The quantitative estimate of drug-likeness (QED) is 0.768. The Bertz CT molecular complexity index is 649. The number of benzene rings is 2. The lowest BCUT2D eigenvalue weighted by atomic mass is 10.1. The summed E-state index contributed by atoms with van der Waals surface area (Å²) in [6, 6.07) is 13.2. The first kappa shape index (κ1) is 15.9. The van der Waals surface area contributed by atoms with Crippen LogP contribution in [-0.2, 0) is 22.6 Å². The van der Waals surface area contributed by atoms with Crippen LogP contribution in [0.1, 0.15) is 16.7 Å². The van der Waals surface area contributed by atoms with Crippen molar-refractivity contribution in [3.8, 4) is 11.5 Å². The molecule has 2 aromatic rings. The van der Waals surface area contributed by atoms with Crippen molar-refractivity contribution in [3.63, 3.8) is 0 Å². The standard InChI is InChI=1S/C18H20O4/c1-13-5-4-6-14(9-13)10-18(19)22-12-15-11-16(20-2)7-8-17(15)21-3/h4-9,11H,10,12H2,1-3H3. The molecule has 0 aliphatic rings. The van der Waals surface area contributed by atoms with Crippen molar-refractivity contribution >= 4 is 5.97 Å². The van der Waals surface area contributed by atoms with Crippen molar-refractivity contribution in [1.29, 1.82) is 0 Å². The molecule has 116 valence electrons. The first-order valence-corrected chi connectivity index (χ1v) is 7.04. The minimum Gasteiger partial charge on any atom is -0.497 e. The molecule has 0 spiro atoms. The van der Waals surface area contributed by atoms with Crippen molar-refractivity contribution in [2.45, 2.75) is 20.0 Å². The number of rotatable bonds is 6. The van der Waals surface area contributed by atoms with Crippen LogP contribution in [0.4, 0.5) is 0 Å². The lowest BCUT2D eigenvalue weighted by molar-refractivity contribution is -0.144. The first-order valence-electron chi connectivity index (χ1n) is 7.04. The number of esters is 1. The average Bonchev–Trinajstić information content (AvgIpc) is 2.52. The van der Waals surface area contributed by atoms with Gasteiger partial charge in [0.2, 0.25) is 0 Å². The second-order valence-electron chi connectivity index (χ2n) is 5.00. The molecule has 4 nitrogen and oxygen atoms in total. The van der Waals surface area contributed by atoms with Gasteiger partial charge in [-0.25, -0.2) is 0 Å². The Hall–Kier alpha value is -2.49. The van der Waals surface area contributed by atoms with Gasteiger partial charge in [0.05, 0.1) is 20.6 Å². The molecule has 0 atom stereocenters. The zero-order valence-electron chi connectivity index (χ0n) is 13.1. The Morgan fingerprint density at radius 2 is 1.86 bits per heavy atom. The molecule has 4 heteroatoms. The van der Waals surface area contributed by atoms with Crippen LogP contribution in [0.5, 0.6) is 11.5 Å². The van der Waals surface area contributed by atoms with E-state index < -0.39 is 0 Å². The molecule has 0 heterocycles. The molecule has 0 bridgehead atoms. The van der Waals surface area contributed by atoms with Crippen molar-refractivity contribution in [1.82, 2.24) is 0 Å². The van der Waals surface area contributed by atoms with Crippen LogP contribution >= 0.6 is 0 Å². The van der Waals surface area contributed by atoms with Gasteiger partial charge >= 0.3 is 5.97 Å². The third-order valence-corrected chi connectivity index (χ3v) is 3.31.